The van der Waals surface area contributed by atoms with E-state index in [2.05, 4.69) is 16.2 Å². The summed E-state index contributed by atoms with van der Waals surface area (Å²) >= 11 is 10.6. The molecule has 0 radical (unpaired) electrons. The molecule has 0 spiro atoms. The number of nitro groups is 1. The van der Waals surface area contributed by atoms with Crippen LogP contribution in [0.5, 0.6) is 5.75 Å². The van der Waals surface area contributed by atoms with E-state index in [4.69, 9.17) is 28.6 Å². The minimum Gasteiger partial charge on any atom is -0.484 e. The molecule has 9 nitrogen and oxygen atoms in total. The molecule has 2 aromatic carbocycles. The monoisotopic (exact) mass is 408 g/mol. The molecule has 0 bridgehead atoms. The van der Waals surface area contributed by atoms with Crippen molar-refractivity contribution in [3.63, 3.8) is 0 Å². The first-order valence-corrected chi connectivity index (χ1v) is 8.17. The average Bonchev–Trinajstić information content (AvgIpc) is 2.65. The van der Waals surface area contributed by atoms with Crippen molar-refractivity contribution in [3.8, 4) is 5.75 Å². The number of hydrogen-bond acceptors (Lipinski definition) is 6. The van der Waals surface area contributed by atoms with E-state index in [-0.39, 0.29) is 22.3 Å². The molecule has 2 aromatic rings. The second kappa shape index (κ2) is 9.46. The summed E-state index contributed by atoms with van der Waals surface area (Å²) < 4.78 is 5.24. The van der Waals surface area contributed by atoms with E-state index in [9.17, 15) is 19.7 Å². The first-order valence-electron chi connectivity index (χ1n) is 7.39. The molecule has 27 heavy (non-hydrogen) atoms. The summed E-state index contributed by atoms with van der Waals surface area (Å²) in [6.07, 6.45) is 0. The Kier molecular flexibility index (Phi) is 7.03. The fourth-order valence-corrected chi connectivity index (χ4v) is 2.16. The van der Waals surface area contributed by atoms with Crippen LogP contribution in [0, 0.1) is 10.1 Å². The van der Waals surface area contributed by atoms with E-state index < -0.39 is 22.4 Å². The third-order valence-electron chi connectivity index (χ3n) is 3.06. The van der Waals surface area contributed by atoms with Gasteiger partial charge in [0, 0.05) is 11.6 Å². The van der Waals surface area contributed by atoms with Crippen LogP contribution in [0.3, 0.4) is 0 Å². The van der Waals surface area contributed by atoms with Gasteiger partial charge in [0.25, 0.3) is 17.5 Å². The molecule has 0 saturated carbocycles. The maximum absolute atomic E-state index is 12.1. The number of amides is 2. The largest absolute Gasteiger partial charge is 0.484 e. The Labute approximate surface area is 163 Å². The highest BCUT2D eigenvalue weighted by Crippen LogP contribution is 2.24. The van der Waals surface area contributed by atoms with Gasteiger partial charge in [0.05, 0.1) is 4.92 Å². The number of thiocarbonyl (C=S) groups is 1. The molecule has 0 fully saturated rings. The standard InChI is InChI=1S/C16H13ClN4O5S/c17-12-7-6-10(8-13(12)21(24)25)15(23)18-16(27)20-19-14(22)9-26-11-4-2-1-3-5-11/h1-8H,9H2,(H,19,22)(H2,18,20,23,27). The number of para-hydroxylation sites is 1. The second-order valence-corrected chi connectivity index (χ2v) is 5.80. The number of carbonyl (C=O) groups excluding carboxylic acids is 2. The normalized spacial score (nSPS) is 9.81. The SMILES string of the molecule is O=C(COc1ccccc1)NNC(=S)NC(=O)c1ccc(Cl)c([N+](=O)[O-])c1. The van der Waals surface area contributed by atoms with E-state index in [1.807, 2.05) is 6.07 Å². The maximum atomic E-state index is 12.1. The molecule has 0 atom stereocenters. The lowest BCUT2D eigenvalue weighted by molar-refractivity contribution is -0.384. The lowest BCUT2D eigenvalue weighted by Gasteiger charge is -2.11. The summed E-state index contributed by atoms with van der Waals surface area (Å²) in [5.41, 5.74) is 4.15. The van der Waals surface area contributed by atoms with Gasteiger partial charge in [-0.2, -0.15) is 0 Å². The molecule has 0 aliphatic carbocycles. The van der Waals surface area contributed by atoms with Gasteiger partial charge in [-0.05, 0) is 36.5 Å². The van der Waals surface area contributed by atoms with Gasteiger partial charge < -0.3 is 4.74 Å². The molecule has 0 aliphatic rings. The molecule has 2 rings (SSSR count). The van der Waals surface area contributed by atoms with Crippen molar-refractivity contribution in [3.05, 3.63) is 69.2 Å². The van der Waals surface area contributed by atoms with Gasteiger partial charge in [-0.25, -0.2) is 0 Å². The lowest BCUT2D eigenvalue weighted by Crippen LogP contribution is -2.49. The number of ether oxygens (including phenoxy) is 1. The molecule has 0 unspecified atom stereocenters. The number of rotatable bonds is 5. The Bertz CT molecular complexity index is 878. The fourth-order valence-electron chi connectivity index (χ4n) is 1.83. The number of nitrogens with zero attached hydrogens (tertiary/aromatic N) is 1. The van der Waals surface area contributed by atoms with Crippen molar-refractivity contribution in [2.75, 3.05) is 6.61 Å². The predicted molar refractivity (Wildman–Crippen MR) is 101 cm³/mol. The third-order valence-corrected chi connectivity index (χ3v) is 3.58. The smallest absolute Gasteiger partial charge is 0.288 e. The van der Waals surface area contributed by atoms with E-state index in [0.717, 1.165) is 6.07 Å². The Hall–Kier alpha value is -3.24. The predicted octanol–water partition coefficient (Wildman–Crippen LogP) is 1.96. The summed E-state index contributed by atoms with van der Waals surface area (Å²) in [6.45, 7) is -0.267. The minimum atomic E-state index is -0.706. The van der Waals surface area contributed by atoms with Crippen LogP contribution >= 0.6 is 23.8 Å². The highest BCUT2D eigenvalue weighted by Gasteiger charge is 2.17. The van der Waals surface area contributed by atoms with Crippen molar-refractivity contribution in [2.24, 2.45) is 0 Å². The molecule has 0 aromatic heterocycles. The van der Waals surface area contributed by atoms with Gasteiger partial charge in [-0.15, -0.1) is 0 Å². The summed E-state index contributed by atoms with van der Waals surface area (Å²) in [4.78, 5) is 33.9. The number of hydrogen-bond donors (Lipinski definition) is 3. The van der Waals surface area contributed by atoms with Crippen LogP contribution in [0.4, 0.5) is 5.69 Å². The molecule has 2 amide bonds. The number of hydrazine groups is 1. The molecule has 0 heterocycles. The van der Waals surface area contributed by atoms with Gasteiger partial charge in [0.15, 0.2) is 11.7 Å². The Morgan fingerprint density at radius 3 is 2.52 bits per heavy atom. The molecular weight excluding hydrogens is 396 g/mol. The maximum Gasteiger partial charge on any atom is 0.288 e. The molecule has 0 saturated heterocycles. The minimum absolute atomic E-state index is 0.0195. The van der Waals surface area contributed by atoms with E-state index in [0.29, 0.717) is 5.75 Å². The number of benzene rings is 2. The van der Waals surface area contributed by atoms with Crippen LogP contribution in [0.25, 0.3) is 0 Å². The number of carbonyl (C=O) groups is 2. The molecule has 140 valence electrons. The summed E-state index contributed by atoms with van der Waals surface area (Å²) in [5, 5.41) is 12.8. The summed E-state index contributed by atoms with van der Waals surface area (Å²) in [7, 11) is 0. The van der Waals surface area contributed by atoms with Gasteiger partial charge in [-0.1, -0.05) is 29.8 Å². The Balaban J connectivity index is 1.81. The lowest BCUT2D eigenvalue weighted by atomic mass is 10.2. The van der Waals surface area contributed by atoms with E-state index >= 15 is 0 Å². The highest BCUT2D eigenvalue weighted by molar-refractivity contribution is 7.80. The summed E-state index contributed by atoms with van der Waals surface area (Å²) in [6, 6.07) is 12.3. The van der Waals surface area contributed by atoms with Crippen molar-refractivity contribution in [1.29, 1.82) is 0 Å². The van der Waals surface area contributed by atoms with Crippen LogP contribution in [-0.2, 0) is 4.79 Å². The zero-order valence-corrected chi connectivity index (χ0v) is 15.2. The zero-order chi connectivity index (χ0) is 19.8. The zero-order valence-electron chi connectivity index (χ0n) is 13.6. The van der Waals surface area contributed by atoms with Gasteiger partial charge in [-0.3, -0.25) is 35.9 Å². The first kappa shape index (κ1) is 20.1. The van der Waals surface area contributed by atoms with Crippen molar-refractivity contribution in [2.45, 2.75) is 0 Å². The number of nitrogens with one attached hydrogen (secondary N) is 3. The first-order chi connectivity index (χ1) is 12.9. The van der Waals surface area contributed by atoms with Crippen LogP contribution in [0.1, 0.15) is 10.4 Å². The molecule has 0 aliphatic heterocycles. The second-order valence-electron chi connectivity index (χ2n) is 4.98. The van der Waals surface area contributed by atoms with Gasteiger partial charge >= 0.3 is 0 Å². The van der Waals surface area contributed by atoms with E-state index in [1.54, 1.807) is 24.3 Å². The topological polar surface area (TPSA) is 123 Å². The van der Waals surface area contributed by atoms with Crippen molar-refractivity contribution in [1.82, 2.24) is 16.2 Å². The van der Waals surface area contributed by atoms with Crippen LogP contribution in [0.2, 0.25) is 5.02 Å². The van der Waals surface area contributed by atoms with Crippen LogP contribution in [0.15, 0.2) is 48.5 Å². The van der Waals surface area contributed by atoms with Gasteiger partial charge in [0.2, 0.25) is 0 Å². The molecule has 11 heteroatoms. The van der Waals surface area contributed by atoms with Crippen molar-refractivity contribution >= 4 is 46.4 Å². The quantitative estimate of drug-likeness (QED) is 0.392. The molecule has 3 N–H and O–H groups in total. The Morgan fingerprint density at radius 1 is 1.15 bits per heavy atom. The number of nitro benzene ring substituents is 1. The van der Waals surface area contributed by atoms with Gasteiger partial charge in [0.1, 0.15) is 10.8 Å². The average molecular weight is 409 g/mol. The van der Waals surface area contributed by atoms with E-state index in [1.165, 1.54) is 12.1 Å². The highest BCUT2D eigenvalue weighted by atomic mass is 35.5. The third kappa shape index (κ3) is 6.20. The van der Waals surface area contributed by atoms with Crippen LogP contribution in [-0.4, -0.2) is 28.5 Å². The fraction of sp³-hybridized carbons (Fsp3) is 0.0625. The van der Waals surface area contributed by atoms with Crippen LogP contribution < -0.4 is 20.9 Å². The Morgan fingerprint density at radius 2 is 1.85 bits per heavy atom. The molecular formula is C16H13ClN4O5S. The summed E-state index contributed by atoms with van der Waals surface area (Å²) in [5.74, 6) is -0.715. The van der Waals surface area contributed by atoms with Crippen molar-refractivity contribution < 1.29 is 19.2 Å². The number of halogens is 1.